The third-order valence-corrected chi connectivity index (χ3v) is 10.0. The minimum Gasteiger partial charge on any atom is -0.394 e. The van der Waals surface area contributed by atoms with Gasteiger partial charge in [0.1, 0.15) is 98.6 Å². The molecule has 4 amide bonds. The van der Waals surface area contributed by atoms with E-state index in [1.807, 2.05) is 0 Å². The van der Waals surface area contributed by atoms with Gasteiger partial charge in [-0.05, 0) is 0 Å². The zero-order chi connectivity index (χ0) is 50.3. The second kappa shape index (κ2) is 22.7. The third kappa shape index (κ3) is 11.5. The number of aromatic nitrogens is 12. The number of nitrogens with zero attached hydrogens (tertiary/aromatic N) is 12. The van der Waals surface area contributed by atoms with E-state index in [0.29, 0.717) is 0 Å². The Hall–Kier alpha value is -6.20. The fraction of sp³-hybridized carbons (Fsp3) is 0.625. The first-order valence-corrected chi connectivity index (χ1v) is 19.5. The number of nitrogens with two attached hydrogens (primary N) is 4. The first kappa shape index (κ1) is 52.8. The SMILES string of the molecule is NC(=O)c1ncn([C@@H]2O[C@H](CO)[C@@H](O)[C@H]2O)n1.NC(=O)c1ncn([C@@H]2O[C@H](CO)[C@@H](O)[C@H]2O)n1.NC(=O)c1ncn([C@@H]2O[C@H](CO)[C@@H](O)[C@H]2O)n1.NC(=O)c1ncn([C@@H]2O[C@H](CO)[C@@H](O)[C@H]2O)n1. The number of amides is 4. The van der Waals surface area contributed by atoms with Gasteiger partial charge in [0.15, 0.2) is 24.9 Å². The summed E-state index contributed by atoms with van der Waals surface area (Å²) in [5.74, 6) is -4.12. The zero-order valence-corrected chi connectivity index (χ0v) is 34.7. The van der Waals surface area contributed by atoms with Crippen molar-refractivity contribution in [2.75, 3.05) is 26.4 Å². The maximum atomic E-state index is 10.8. The number of carbonyl (C=O) groups is 4. The van der Waals surface area contributed by atoms with Crippen LogP contribution in [-0.2, 0) is 18.9 Å². The highest BCUT2D eigenvalue weighted by Gasteiger charge is 2.47. The van der Waals surface area contributed by atoms with Crippen molar-refractivity contribution < 1.29 is 99.4 Å². The van der Waals surface area contributed by atoms with Crippen LogP contribution in [0.5, 0.6) is 0 Å². The number of rotatable bonds is 12. The fourth-order valence-electron chi connectivity index (χ4n) is 6.44. The van der Waals surface area contributed by atoms with Gasteiger partial charge >= 0.3 is 0 Å². The van der Waals surface area contributed by atoms with Gasteiger partial charge in [0.25, 0.3) is 23.6 Å². The van der Waals surface area contributed by atoms with Crippen molar-refractivity contribution in [1.82, 2.24) is 59.1 Å². The molecule has 4 aromatic rings. The molecule has 0 aliphatic carbocycles. The highest BCUT2D eigenvalue weighted by Crippen LogP contribution is 2.31. The zero-order valence-electron chi connectivity index (χ0n) is 34.7. The van der Waals surface area contributed by atoms with Crippen LogP contribution in [0.15, 0.2) is 25.3 Å². The molecule has 16 atom stereocenters. The molecule has 4 aromatic heterocycles. The Morgan fingerprint density at radius 2 is 0.559 bits per heavy atom. The monoisotopic (exact) mass is 976 g/mol. The van der Waals surface area contributed by atoms with E-state index in [-0.39, 0.29) is 23.3 Å². The summed E-state index contributed by atoms with van der Waals surface area (Å²) in [5.41, 5.74) is 19.9. The van der Waals surface area contributed by atoms with Crippen molar-refractivity contribution in [1.29, 1.82) is 0 Å². The summed E-state index contributed by atoms with van der Waals surface area (Å²) < 4.78 is 25.0. The van der Waals surface area contributed by atoms with Gasteiger partial charge < -0.3 is 103 Å². The van der Waals surface area contributed by atoms with Gasteiger partial charge in [-0.3, -0.25) is 19.2 Å². The number of aliphatic hydroxyl groups is 12. The lowest BCUT2D eigenvalue weighted by molar-refractivity contribution is -0.0588. The van der Waals surface area contributed by atoms with Crippen LogP contribution in [0.1, 0.15) is 67.4 Å². The minimum absolute atomic E-state index is 0.220. The van der Waals surface area contributed by atoms with E-state index in [4.69, 9.17) is 62.3 Å². The number of aliphatic hydroxyl groups excluding tert-OH is 12. The summed E-state index contributed by atoms with van der Waals surface area (Å²) in [4.78, 5) is 57.6. The van der Waals surface area contributed by atoms with E-state index in [1.54, 1.807) is 0 Å². The standard InChI is InChI=1S/4C8H12N4O5/c4*9-6(16)7-10-2-12(11-7)8-5(15)4(14)3(1-13)17-8/h4*2-5,8,13-15H,1H2,(H2,9,16)/t4*3-,4-,5-,8-/m1111/s1. The molecule has 4 aliphatic rings. The van der Waals surface area contributed by atoms with Crippen molar-refractivity contribution in [3.63, 3.8) is 0 Å². The van der Waals surface area contributed by atoms with Crippen molar-refractivity contribution >= 4 is 23.6 Å². The average Bonchev–Trinajstić information content (AvgIpc) is 4.18. The summed E-state index contributed by atoms with van der Waals surface area (Å²) in [7, 11) is 0. The molecule has 0 unspecified atom stereocenters. The number of carbonyl (C=O) groups excluding carboxylic acids is 4. The van der Waals surface area contributed by atoms with Gasteiger partial charge in [-0.1, -0.05) is 0 Å². The predicted molar refractivity (Wildman–Crippen MR) is 206 cm³/mol. The lowest BCUT2D eigenvalue weighted by Crippen LogP contribution is -2.33. The van der Waals surface area contributed by atoms with E-state index in [9.17, 15) is 60.0 Å². The van der Waals surface area contributed by atoms with Crippen molar-refractivity contribution in [3.8, 4) is 0 Å². The summed E-state index contributed by atoms with van der Waals surface area (Å²) in [6.07, 6.45) is -13.1. The molecule has 0 aromatic carbocycles. The Bertz CT molecular complexity index is 2000. The van der Waals surface area contributed by atoms with Crippen LogP contribution < -0.4 is 22.9 Å². The highest BCUT2D eigenvalue weighted by molar-refractivity contribution is 5.89. The number of hydrogen-bond donors (Lipinski definition) is 16. The molecule has 68 heavy (non-hydrogen) atoms. The fourth-order valence-corrected chi connectivity index (χ4v) is 6.44. The summed E-state index contributed by atoms with van der Waals surface area (Å²) in [6.45, 7) is -1.75. The molecule has 4 saturated heterocycles. The number of primary amides is 4. The quantitative estimate of drug-likeness (QED) is 0.0627. The molecule has 4 fully saturated rings. The summed E-state index contributed by atoms with van der Waals surface area (Å²) in [5, 5.41) is 127. The van der Waals surface area contributed by atoms with Crippen molar-refractivity contribution in [3.05, 3.63) is 48.6 Å². The Balaban J connectivity index is 0.000000169. The van der Waals surface area contributed by atoms with Gasteiger partial charge in [0.2, 0.25) is 23.3 Å². The normalized spacial score (nSPS) is 32.9. The van der Waals surface area contributed by atoms with Crippen molar-refractivity contribution in [2.45, 2.75) is 98.2 Å². The van der Waals surface area contributed by atoms with Crippen LogP contribution in [0.25, 0.3) is 0 Å². The molecule has 0 spiro atoms. The van der Waals surface area contributed by atoms with Crippen LogP contribution in [0.2, 0.25) is 0 Å². The second-order valence-electron chi connectivity index (χ2n) is 14.6. The highest BCUT2D eigenvalue weighted by atomic mass is 16.6. The van der Waals surface area contributed by atoms with E-state index < -0.39 is 148 Å². The second-order valence-corrected chi connectivity index (χ2v) is 14.6. The van der Waals surface area contributed by atoms with Gasteiger partial charge in [0.05, 0.1) is 26.4 Å². The number of hydrogen-bond acceptors (Lipinski definition) is 28. The van der Waals surface area contributed by atoms with Crippen LogP contribution in [-0.4, -0.2) is 244 Å². The lowest BCUT2D eigenvalue weighted by Gasteiger charge is -2.13. The Morgan fingerprint density at radius 1 is 0.382 bits per heavy atom. The van der Waals surface area contributed by atoms with E-state index in [0.717, 1.165) is 44.0 Å². The smallest absolute Gasteiger partial charge is 0.288 e. The molecule has 4 aliphatic heterocycles. The van der Waals surface area contributed by atoms with Crippen LogP contribution in [0.3, 0.4) is 0 Å². The Kier molecular flexibility index (Phi) is 17.6. The maximum absolute atomic E-state index is 10.8. The van der Waals surface area contributed by atoms with E-state index in [1.165, 1.54) is 0 Å². The van der Waals surface area contributed by atoms with Crippen molar-refractivity contribution in [2.24, 2.45) is 22.9 Å². The Labute approximate surface area is 378 Å². The molecule has 0 saturated carbocycles. The first-order chi connectivity index (χ1) is 32.2. The Morgan fingerprint density at radius 3 is 0.676 bits per heavy atom. The molecule has 0 bridgehead atoms. The minimum atomic E-state index is -1.27. The number of ether oxygens (including phenoxy) is 4. The molecule has 20 N–H and O–H groups in total. The molecule has 376 valence electrons. The molecule has 0 radical (unpaired) electrons. The average molecular weight is 977 g/mol. The molecule has 36 nitrogen and oxygen atoms in total. The maximum Gasteiger partial charge on any atom is 0.288 e. The lowest BCUT2D eigenvalue weighted by atomic mass is 10.1. The van der Waals surface area contributed by atoms with Gasteiger partial charge in [-0.25, -0.2) is 38.7 Å². The third-order valence-electron chi connectivity index (χ3n) is 10.0. The van der Waals surface area contributed by atoms with Gasteiger partial charge in [-0.15, -0.1) is 20.4 Å². The van der Waals surface area contributed by atoms with Gasteiger partial charge in [0, 0.05) is 0 Å². The predicted octanol–water partition coefficient (Wildman–Crippen LogP) is -12.0. The molecule has 8 heterocycles. The topological polar surface area (TPSA) is 575 Å². The summed E-state index contributed by atoms with van der Waals surface area (Å²) >= 11 is 0. The largest absolute Gasteiger partial charge is 0.394 e. The van der Waals surface area contributed by atoms with Crippen LogP contribution in [0.4, 0.5) is 0 Å². The van der Waals surface area contributed by atoms with Crippen LogP contribution >= 0.6 is 0 Å². The van der Waals surface area contributed by atoms with E-state index >= 15 is 0 Å². The molecule has 8 rings (SSSR count). The van der Waals surface area contributed by atoms with E-state index in [2.05, 4.69) is 40.3 Å². The first-order valence-electron chi connectivity index (χ1n) is 19.5. The molecular formula is C32H48N16O20. The molecule has 36 heteroatoms. The molecular weight excluding hydrogens is 928 g/mol. The van der Waals surface area contributed by atoms with Crippen LogP contribution in [0, 0.1) is 0 Å². The van der Waals surface area contributed by atoms with Gasteiger partial charge in [-0.2, -0.15) is 0 Å². The summed E-state index contributed by atoms with van der Waals surface area (Å²) in [6, 6.07) is 0.